The van der Waals surface area contributed by atoms with Gasteiger partial charge in [0.2, 0.25) is 5.91 Å². The van der Waals surface area contributed by atoms with Gasteiger partial charge in [-0.2, -0.15) is 13.2 Å². The summed E-state index contributed by atoms with van der Waals surface area (Å²) in [5, 5.41) is 0. The van der Waals surface area contributed by atoms with E-state index in [0.717, 1.165) is 24.0 Å². The van der Waals surface area contributed by atoms with Crippen molar-refractivity contribution in [2.45, 2.75) is 51.4 Å². The van der Waals surface area contributed by atoms with Gasteiger partial charge in [0.15, 0.2) is 18.1 Å². The molecular weight excluding hydrogens is 395 g/mol. The lowest BCUT2D eigenvalue weighted by Crippen LogP contribution is -2.32. The molecule has 30 heavy (non-hydrogen) atoms. The number of amides is 1. The van der Waals surface area contributed by atoms with Gasteiger partial charge in [0, 0.05) is 19.0 Å². The quantitative estimate of drug-likeness (QED) is 0.568. The highest BCUT2D eigenvalue weighted by atomic mass is 19.4. The number of halogens is 3. The molecule has 1 fully saturated rings. The van der Waals surface area contributed by atoms with Crippen LogP contribution in [0.1, 0.15) is 36.0 Å². The molecule has 0 bridgehead atoms. The predicted molar refractivity (Wildman–Crippen MR) is 108 cm³/mol. The zero-order valence-corrected chi connectivity index (χ0v) is 17.2. The standard InChI is InChI=1S/C23H26F3NO3/c1-16-3-5-18(6-4-16)14-27(19-9-10-19)22(28)12-8-17-7-11-20(21(13-17)29-2)30-15-23(24,25)26/h3-7,11,13,19H,8-10,12,14-15H2,1-2H3. The van der Waals surface area contributed by atoms with Crippen LogP contribution in [0.4, 0.5) is 13.2 Å². The maximum atomic E-state index is 12.8. The maximum Gasteiger partial charge on any atom is 0.422 e. The Morgan fingerprint density at radius 2 is 1.73 bits per heavy atom. The number of carbonyl (C=O) groups excluding carboxylic acids is 1. The van der Waals surface area contributed by atoms with Crippen molar-refractivity contribution >= 4 is 5.91 Å². The lowest BCUT2D eigenvalue weighted by molar-refractivity contribution is -0.153. The van der Waals surface area contributed by atoms with E-state index >= 15 is 0 Å². The van der Waals surface area contributed by atoms with Gasteiger partial charge in [0.05, 0.1) is 7.11 Å². The summed E-state index contributed by atoms with van der Waals surface area (Å²) < 4.78 is 47.1. The minimum Gasteiger partial charge on any atom is -0.493 e. The van der Waals surface area contributed by atoms with Crippen molar-refractivity contribution in [3.8, 4) is 11.5 Å². The lowest BCUT2D eigenvalue weighted by Gasteiger charge is -2.23. The fourth-order valence-electron chi connectivity index (χ4n) is 3.24. The van der Waals surface area contributed by atoms with Gasteiger partial charge in [0.25, 0.3) is 0 Å². The number of aryl methyl sites for hydroxylation is 2. The van der Waals surface area contributed by atoms with Gasteiger partial charge in [-0.3, -0.25) is 4.79 Å². The number of hydrogen-bond donors (Lipinski definition) is 0. The Balaban J connectivity index is 1.60. The van der Waals surface area contributed by atoms with Crippen LogP contribution >= 0.6 is 0 Å². The van der Waals surface area contributed by atoms with E-state index in [1.54, 1.807) is 12.1 Å². The number of rotatable bonds is 9. The fraction of sp³-hybridized carbons (Fsp3) is 0.435. The van der Waals surface area contributed by atoms with E-state index in [1.807, 2.05) is 36.1 Å². The molecule has 0 atom stereocenters. The van der Waals surface area contributed by atoms with Gasteiger partial charge in [-0.1, -0.05) is 35.9 Å². The molecule has 162 valence electrons. The summed E-state index contributed by atoms with van der Waals surface area (Å²) in [6.07, 6.45) is -1.56. The molecule has 0 aromatic heterocycles. The van der Waals surface area contributed by atoms with Crippen LogP contribution in [0.5, 0.6) is 11.5 Å². The first-order valence-electron chi connectivity index (χ1n) is 9.96. The van der Waals surface area contributed by atoms with E-state index in [1.165, 1.54) is 18.7 Å². The van der Waals surface area contributed by atoms with Crippen LogP contribution in [0.2, 0.25) is 0 Å². The van der Waals surface area contributed by atoms with E-state index < -0.39 is 12.8 Å². The first-order chi connectivity index (χ1) is 14.2. The van der Waals surface area contributed by atoms with E-state index in [9.17, 15) is 18.0 Å². The molecule has 1 saturated carbocycles. The number of methoxy groups -OCH3 is 1. The second kappa shape index (κ2) is 9.41. The molecule has 0 unspecified atom stereocenters. The number of carbonyl (C=O) groups is 1. The molecule has 1 aliphatic carbocycles. The molecule has 0 saturated heterocycles. The third-order valence-corrected chi connectivity index (χ3v) is 5.03. The Kier molecular flexibility index (Phi) is 6.90. The molecule has 0 heterocycles. The summed E-state index contributed by atoms with van der Waals surface area (Å²) in [5.41, 5.74) is 3.10. The highest BCUT2D eigenvalue weighted by molar-refractivity contribution is 5.77. The number of ether oxygens (including phenoxy) is 2. The Morgan fingerprint density at radius 3 is 2.33 bits per heavy atom. The van der Waals surface area contributed by atoms with Crippen LogP contribution in [0.3, 0.4) is 0 Å². The monoisotopic (exact) mass is 421 g/mol. The van der Waals surface area contributed by atoms with Crippen LogP contribution in [-0.2, 0) is 17.8 Å². The van der Waals surface area contributed by atoms with Crippen molar-refractivity contribution in [2.75, 3.05) is 13.7 Å². The molecule has 1 amide bonds. The average molecular weight is 421 g/mol. The molecule has 0 aliphatic heterocycles. The van der Waals surface area contributed by atoms with Crippen LogP contribution < -0.4 is 9.47 Å². The Morgan fingerprint density at radius 1 is 1.07 bits per heavy atom. The molecule has 0 spiro atoms. The molecule has 0 radical (unpaired) electrons. The second-order valence-electron chi connectivity index (χ2n) is 7.63. The molecule has 2 aromatic carbocycles. The SMILES string of the molecule is COc1cc(CCC(=O)N(Cc2ccc(C)cc2)C2CC2)ccc1OCC(F)(F)F. The largest absolute Gasteiger partial charge is 0.493 e. The minimum absolute atomic E-state index is 0.0314. The van der Waals surface area contributed by atoms with Crippen LogP contribution in [0.15, 0.2) is 42.5 Å². The van der Waals surface area contributed by atoms with Crippen molar-refractivity contribution in [1.29, 1.82) is 0 Å². The van der Waals surface area contributed by atoms with Gasteiger partial charge in [-0.25, -0.2) is 0 Å². The Hall–Kier alpha value is -2.70. The number of benzene rings is 2. The van der Waals surface area contributed by atoms with Gasteiger partial charge in [-0.15, -0.1) is 0 Å². The van der Waals surface area contributed by atoms with Crippen LogP contribution in [-0.4, -0.2) is 36.7 Å². The summed E-state index contributed by atoms with van der Waals surface area (Å²) >= 11 is 0. The molecule has 3 rings (SSSR count). The van der Waals surface area contributed by atoms with Crippen molar-refractivity contribution in [2.24, 2.45) is 0 Å². The van der Waals surface area contributed by atoms with Gasteiger partial charge >= 0.3 is 6.18 Å². The molecule has 1 aliphatic rings. The van der Waals surface area contributed by atoms with Crippen LogP contribution in [0.25, 0.3) is 0 Å². The van der Waals surface area contributed by atoms with Crippen molar-refractivity contribution < 1.29 is 27.4 Å². The fourth-order valence-corrected chi connectivity index (χ4v) is 3.24. The molecule has 4 nitrogen and oxygen atoms in total. The molecule has 7 heteroatoms. The zero-order valence-electron chi connectivity index (χ0n) is 17.2. The molecule has 2 aromatic rings. The second-order valence-corrected chi connectivity index (χ2v) is 7.63. The summed E-state index contributed by atoms with van der Waals surface area (Å²) in [6.45, 7) is 1.25. The van der Waals surface area contributed by atoms with Gasteiger partial charge < -0.3 is 14.4 Å². The highest BCUT2D eigenvalue weighted by Crippen LogP contribution is 2.31. The highest BCUT2D eigenvalue weighted by Gasteiger charge is 2.32. The summed E-state index contributed by atoms with van der Waals surface area (Å²) in [6, 6.07) is 13.2. The third-order valence-electron chi connectivity index (χ3n) is 5.03. The van der Waals surface area contributed by atoms with Gasteiger partial charge in [0.1, 0.15) is 0 Å². The topological polar surface area (TPSA) is 38.8 Å². The van der Waals surface area contributed by atoms with E-state index in [2.05, 4.69) is 0 Å². The average Bonchev–Trinajstić information content (AvgIpc) is 3.54. The summed E-state index contributed by atoms with van der Waals surface area (Å²) in [5.74, 6) is 0.334. The molecular formula is C23H26F3NO3. The summed E-state index contributed by atoms with van der Waals surface area (Å²) in [7, 11) is 1.38. The van der Waals surface area contributed by atoms with Crippen molar-refractivity contribution in [3.05, 3.63) is 59.2 Å². The third kappa shape index (κ3) is 6.40. The predicted octanol–water partition coefficient (Wildman–Crippen LogP) is 5.07. The normalized spacial score (nSPS) is 13.8. The lowest BCUT2D eigenvalue weighted by atomic mass is 10.1. The van der Waals surface area contributed by atoms with Crippen molar-refractivity contribution in [3.63, 3.8) is 0 Å². The number of hydrogen-bond acceptors (Lipinski definition) is 3. The first-order valence-corrected chi connectivity index (χ1v) is 9.96. The molecule has 0 N–H and O–H groups in total. The first kappa shape index (κ1) is 22.0. The Bertz CT molecular complexity index is 861. The maximum absolute atomic E-state index is 12.8. The smallest absolute Gasteiger partial charge is 0.422 e. The van der Waals surface area contributed by atoms with Crippen molar-refractivity contribution in [1.82, 2.24) is 4.90 Å². The van der Waals surface area contributed by atoms with E-state index in [0.29, 0.717) is 25.4 Å². The van der Waals surface area contributed by atoms with Gasteiger partial charge in [-0.05, 0) is 49.4 Å². The number of alkyl halides is 3. The number of nitrogens with zero attached hydrogens (tertiary/aromatic N) is 1. The van der Waals surface area contributed by atoms with E-state index in [4.69, 9.17) is 9.47 Å². The van der Waals surface area contributed by atoms with E-state index in [-0.39, 0.29) is 17.4 Å². The summed E-state index contributed by atoms with van der Waals surface area (Å²) in [4.78, 5) is 14.8. The zero-order chi connectivity index (χ0) is 21.7. The Labute approximate surface area is 174 Å². The minimum atomic E-state index is -4.42. The van der Waals surface area contributed by atoms with Crippen LogP contribution in [0, 0.1) is 6.92 Å².